The predicted octanol–water partition coefficient (Wildman–Crippen LogP) is 7.08. The van der Waals surface area contributed by atoms with Crippen LogP contribution >= 0.6 is 0 Å². The number of hydrogen-bond donors (Lipinski definition) is 0. The Labute approximate surface area is 122 Å². The molecule has 1 aliphatic rings. The van der Waals surface area contributed by atoms with Crippen LogP contribution in [0.5, 0.6) is 0 Å². The first kappa shape index (κ1) is 17.1. The Morgan fingerprint density at radius 2 is 1.00 bits per heavy atom. The van der Waals surface area contributed by atoms with Gasteiger partial charge in [0.1, 0.15) is 0 Å². The molecule has 0 amide bonds. The molecule has 1 saturated carbocycles. The van der Waals surface area contributed by atoms with Gasteiger partial charge in [0.25, 0.3) is 0 Å². The van der Waals surface area contributed by atoms with E-state index < -0.39 is 0 Å². The van der Waals surface area contributed by atoms with Crippen molar-refractivity contribution >= 4 is 0 Å². The fourth-order valence-corrected chi connectivity index (χ4v) is 3.25. The standard InChI is InChI=1S/C19H37/c1-19-17-15-13-11-9-7-5-3-2-4-6-8-10-12-14-16-18-19/h15,19H,2-14,16-18H2,1H3. The van der Waals surface area contributed by atoms with Crippen LogP contribution in [0.15, 0.2) is 0 Å². The third kappa shape index (κ3) is 11.5. The van der Waals surface area contributed by atoms with Gasteiger partial charge in [0.2, 0.25) is 0 Å². The Hall–Kier alpha value is 0. The average molecular weight is 266 g/mol. The molecule has 0 aliphatic heterocycles. The van der Waals surface area contributed by atoms with Gasteiger partial charge >= 0.3 is 0 Å². The van der Waals surface area contributed by atoms with E-state index >= 15 is 0 Å². The third-order valence-corrected chi connectivity index (χ3v) is 4.67. The second-order valence-corrected chi connectivity index (χ2v) is 6.80. The molecule has 1 atom stereocenters. The SMILES string of the molecule is CC1C[CH]CCCCCCCCCCCCCCC1. The molecule has 0 aromatic carbocycles. The van der Waals surface area contributed by atoms with Crippen molar-refractivity contribution in [3.8, 4) is 0 Å². The number of rotatable bonds is 0. The van der Waals surface area contributed by atoms with Crippen LogP contribution in [-0.2, 0) is 0 Å². The molecule has 1 fully saturated rings. The Morgan fingerprint density at radius 1 is 0.579 bits per heavy atom. The molecule has 0 aromatic rings. The highest BCUT2D eigenvalue weighted by Gasteiger charge is 2.02. The molecule has 1 radical (unpaired) electrons. The van der Waals surface area contributed by atoms with Gasteiger partial charge in [0.05, 0.1) is 0 Å². The quantitative estimate of drug-likeness (QED) is 0.439. The van der Waals surface area contributed by atoms with E-state index in [2.05, 4.69) is 13.3 Å². The maximum absolute atomic E-state index is 2.56. The molecular formula is C19H37. The lowest BCUT2D eigenvalue weighted by Gasteiger charge is -2.11. The average Bonchev–Trinajstić information content (AvgIpc) is 2.41. The molecule has 0 aromatic heterocycles. The van der Waals surface area contributed by atoms with Crippen molar-refractivity contribution in [1.29, 1.82) is 0 Å². The smallest absolute Gasteiger partial charge is 0.0383 e. The van der Waals surface area contributed by atoms with Gasteiger partial charge < -0.3 is 0 Å². The van der Waals surface area contributed by atoms with Crippen molar-refractivity contribution < 1.29 is 0 Å². The van der Waals surface area contributed by atoms with E-state index in [1.807, 2.05) is 0 Å². The zero-order valence-electron chi connectivity index (χ0n) is 13.5. The minimum Gasteiger partial charge on any atom is -0.0625 e. The van der Waals surface area contributed by atoms with Gasteiger partial charge in [-0.05, 0) is 18.8 Å². The van der Waals surface area contributed by atoms with Gasteiger partial charge in [-0.1, -0.05) is 103 Å². The summed E-state index contributed by atoms with van der Waals surface area (Å²) < 4.78 is 0. The van der Waals surface area contributed by atoms with Gasteiger partial charge in [0.15, 0.2) is 0 Å². The predicted molar refractivity (Wildman–Crippen MR) is 87.3 cm³/mol. The molecule has 0 bridgehead atoms. The first-order valence-electron chi connectivity index (χ1n) is 9.21. The molecule has 0 saturated heterocycles. The summed E-state index contributed by atoms with van der Waals surface area (Å²) >= 11 is 0. The topological polar surface area (TPSA) is 0 Å². The van der Waals surface area contributed by atoms with E-state index in [9.17, 15) is 0 Å². The van der Waals surface area contributed by atoms with Gasteiger partial charge in [-0.2, -0.15) is 0 Å². The first-order valence-corrected chi connectivity index (χ1v) is 9.21. The highest BCUT2D eigenvalue weighted by atomic mass is 14.1. The molecular weight excluding hydrogens is 228 g/mol. The number of hydrogen-bond acceptors (Lipinski definition) is 0. The lowest BCUT2D eigenvalue weighted by Crippen LogP contribution is -1.96. The van der Waals surface area contributed by atoms with Crippen LogP contribution in [0.1, 0.15) is 110 Å². The Morgan fingerprint density at radius 3 is 1.53 bits per heavy atom. The van der Waals surface area contributed by atoms with E-state index in [1.165, 1.54) is 103 Å². The van der Waals surface area contributed by atoms with Gasteiger partial charge in [-0.15, -0.1) is 0 Å². The normalized spacial score (nSPS) is 24.5. The third-order valence-electron chi connectivity index (χ3n) is 4.67. The Balaban J connectivity index is 2.08. The minimum atomic E-state index is 0.930. The maximum Gasteiger partial charge on any atom is -0.0383 e. The van der Waals surface area contributed by atoms with Crippen LogP contribution in [-0.4, -0.2) is 0 Å². The van der Waals surface area contributed by atoms with Crippen LogP contribution in [0.2, 0.25) is 0 Å². The van der Waals surface area contributed by atoms with Crippen LogP contribution < -0.4 is 0 Å². The molecule has 19 heavy (non-hydrogen) atoms. The largest absolute Gasteiger partial charge is 0.0625 e. The van der Waals surface area contributed by atoms with Gasteiger partial charge in [0, 0.05) is 0 Å². The second-order valence-electron chi connectivity index (χ2n) is 6.80. The monoisotopic (exact) mass is 265 g/mol. The zero-order chi connectivity index (χ0) is 13.6. The molecule has 0 spiro atoms. The van der Waals surface area contributed by atoms with Crippen molar-refractivity contribution in [3.63, 3.8) is 0 Å². The fourth-order valence-electron chi connectivity index (χ4n) is 3.25. The minimum absolute atomic E-state index is 0.930. The molecule has 1 aliphatic carbocycles. The van der Waals surface area contributed by atoms with Gasteiger partial charge in [-0.3, -0.25) is 0 Å². The van der Waals surface area contributed by atoms with Crippen LogP contribution in [0, 0.1) is 12.3 Å². The summed E-state index contributed by atoms with van der Waals surface area (Å²) in [7, 11) is 0. The van der Waals surface area contributed by atoms with Crippen molar-refractivity contribution in [2.45, 2.75) is 110 Å². The van der Waals surface area contributed by atoms with E-state index in [1.54, 1.807) is 0 Å². The Kier molecular flexibility index (Phi) is 11.7. The first-order chi connectivity index (χ1) is 9.39. The van der Waals surface area contributed by atoms with Crippen LogP contribution in [0.25, 0.3) is 0 Å². The fraction of sp³-hybridized carbons (Fsp3) is 0.947. The summed E-state index contributed by atoms with van der Waals surface area (Å²) in [5, 5.41) is 0. The van der Waals surface area contributed by atoms with Crippen LogP contribution in [0.4, 0.5) is 0 Å². The lowest BCUT2D eigenvalue weighted by molar-refractivity contribution is 0.463. The molecule has 0 nitrogen and oxygen atoms in total. The molecule has 0 heterocycles. The van der Waals surface area contributed by atoms with Crippen molar-refractivity contribution in [1.82, 2.24) is 0 Å². The molecule has 1 rings (SSSR count). The summed E-state index contributed by atoms with van der Waals surface area (Å²) in [6, 6.07) is 0. The van der Waals surface area contributed by atoms with E-state index in [0.29, 0.717) is 0 Å². The highest BCUT2D eigenvalue weighted by Crippen LogP contribution is 2.19. The van der Waals surface area contributed by atoms with Gasteiger partial charge in [-0.25, -0.2) is 0 Å². The van der Waals surface area contributed by atoms with E-state index in [4.69, 9.17) is 0 Å². The van der Waals surface area contributed by atoms with Crippen LogP contribution in [0.3, 0.4) is 0 Å². The molecule has 113 valence electrons. The summed E-state index contributed by atoms with van der Waals surface area (Å²) in [5.74, 6) is 0.930. The highest BCUT2D eigenvalue weighted by molar-refractivity contribution is 4.69. The van der Waals surface area contributed by atoms with Crippen molar-refractivity contribution in [2.75, 3.05) is 0 Å². The van der Waals surface area contributed by atoms with Crippen molar-refractivity contribution in [2.24, 2.45) is 5.92 Å². The summed E-state index contributed by atoms with van der Waals surface area (Å²) in [5.41, 5.74) is 0. The van der Waals surface area contributed by atoms with E-state index in [0.717, 1.165) is 5.92 Å². The summed E-state index contributed by atoms with van der Waals surface area (Å²) in [6.07, 6.45) is 26.0. The Bertz CT molecular complexity index is 155. The zero-order valence-corrected chi connectivity index (χ0v) is 13.5. The lowest BCUT2D eigenvalue weighted by atomic mass is 9.95. The van der Waals surface area contributed by atoms with Crippen molar-refractivity contribution in [3.05, 3.63) is 6.42 Å². The molecule has 1 unspecified atom stereocenters. The van der Waals surface area contributed by atoms with E-state index in [-0.39, 0.29) is 0 Å². The molecule has 0 N–H and O–H groups in total. The maximum atomic E-state index is 2.56. The summed E-state index contributed by atoms with van der Waals surface area (Å²) in [6.45, 7) is 2.44. The second kappa shape index (κ2) is 13.0. The molecule has 0 heteroatoms. The summed E-state index contributed by atoms with van der Waals surface area (Å²) in [4.78, 5) is 0.